The third kappa shape index (κ3) is 3.75. The van der Waals surface area contributed by atoms with Crippen molar-refractivity contribution in [3.63, 3.8) is 0 Å². The average molecular weight is 377 g/mol. The van der Waals surface area contributed by atoms with Crippen LogP contribution in [0.2, 0.25) is 0 Å². The molecule has 0 saturated carbocycles. The standard InChI is InChI=1S/C19H15N5O2S/c25-17-15(9-14(10-22-17)12-1-5-20-6-2-12)23-18(26)16-11-27-19(24-16)13-3-7-21-8-4-13/h1-11,19,24H,(H,22,25)(H,23,26). The van der Waals surface area contributed by atoms with Crippen LogP contribution in [0.5, 0.6) is 0 Å². The summed E-state index contributed by atoms with van der Waals surface area (Å²) in [5.41, 5.74) is 2.93. The Balaban J connectivity index is 1.50. The monoisotopic (exact) mass is 377 g/mol. The molecule has 27 heavy (non-hydrogen) atoms. The molecule has 4 heterocycles. The lowest BCUT2D eigenvalue weighted by Gasteiger charge is -2.13. The van der Waals surface area contributed by atoms with Gasteiger partial charge in [0.2, 0.25) is 0 Å². The lowest BCUT2D eigenvalue weighted by Crippen LogP contribution is -2.27. The lowest BCUT2D eigenvalue weighted by atomic mass is 10.1. The Bertz CT molecular complexity index is 1050. The molecular weight excluding hydrogens is 362 g/mol. The minimum absolute atomic E-state index is 0.0600. The van der Waals surface area contributed by atoms with Crippen molar-refractivity contribution in [1.82, 2.24) is 20.3 Å². The molecule has 0 saturated heterocycles. The minimum atomic E-state index is -0.364. The molecular formula is C19H15N5O2S. The highest BCUT2D eigenvalue weighted by Crippen LogP contribution is 2.33. The van der Waals surface area contributed by atoms with Crippen molar-refractivity contribution in [2.75, 3.05) is 5.32 Å². The summed E-state index contributed by atoms with van der Waals surface area (Å²) >= 11 is 1.49. The van der Waals surface area contributed by atoms with E-state index in [2.05, 4.69) is 25.6 Å². The molecule has 3 aromatic heterocycles. The zero-order chi connectivity index (χ0) is 18.6. The largest absolute Gasteiger partial charge is 0.364 e. The number of carbonyl (C=O) groups is 1. The molecule has 0 bridgehead atoms. The highest BCUT2D eigenvalue weighted by Gasteiger charge is 2.23. The molecule has 7 nitrogen and oxygen atoms in total. The number of nitrogens with one attached hydrogen (secondary N) is 3. The summed E-state index contributed by atoms with van der Waals surface area (Å²) in [5, 5.41) is 7.53. The Morgan fingerprint density at radius 3 is 2.48 bits per heavy atom. The molecule has 4 rings (SSSR count). The Kier molecular flexibility index (Phi) is 4.71. The van der Waals surface area contributed by atoms with E-state index in [4.69, 9.17) is 0 Å². The molecule has 0 aromatic carbocycles. The van der Waals surface area contributed by atoms with Crippen LogP contribution in [0.4, 0.5) is 5.69 Å². The summed E-state index contributed by atoms with van der Waals surface area (Å²) in [4.78, 5) is 35.3. The van der Waals surface area contributed by atoms with E-state index < -0.39 is 0 Å². The Morgan fingerprint density at radius 2 is 1.74 bits per heavy atom. The number of aromatic amines is 1. The van der Waals surface area contributed by atoms with Crippen LogP contribution < -0.4 is 16.2 Å². The number of carbonyl (C=O) groups excluding carboxylic acids is 1. The first-order chi connectivity index (χ1) is 13.2. The summed E-state index contributed by atoms with van der Waals surface area (Å²) in [6, 6.07) is 9.09. The van der Waals surface area contributed by atoms with E-state index in [9.17, 15) is 9.59 Å². The first-order valence-corrected chi connectivity index (χ1v) is 9.11. The molecule has 1 aliphatic rings. The van der Waals surface area contributed by atoms with Gasteiger partial charge in [-0.05, 0) is 41.5 Å². The van der Waals surface area contributed by atoms with Crippen molar-refractivity contribution in [3.05, 3.63) is 88.3 Å². The summed E-state index contributed by atoms with van der Waals surface area (Å²) < 4.78 is 0. The molecule has 3 N–H and O–H groups in total. The lowest BCUT2D eigenvalue weighted by molar-refractivity contribution is -0.113. The van der Waals surface area contributed by atoms with Crippen molar-refractivity contribution in [1.29, 1.82) is 0 Å². The fraction of sp³-hybridized carbons (Fsp3) is 0.0526. The molecule has 0 spiro atoms. The Labute approximate surface area is 159 Å². The van der Waals surface area contributed by atoms with Gasteiger partial charge >= 0.3 is 0 Å². The van der Waals surface area contributed by atoms with Gasteiger partial charge in [-0.25, -0.2) is 0 Å². The average Bonchev–Trinajstić information content (AvgIpc) is 3.21. The van der Waals surface area contributed by atoms with Gasteiger partial charge in [-0.1, -0.05) is 0 Å². The summed E-state index contributed by atoms with van der Waals surface area (Å²) in [5.74, 6) is -0.364. The third-order valence-corrected chi connectivity index (χ3v) is 5.06. The minimum Gasteiger partial charge on any atom is -0.364 e. The molecule has 1 amide bonds. The predicted molar refractivity (Wildman–Crippen MR) is 105 cm³/mol. The van der Waals surface area contributed by atoms with E-state index in [1.165, 1.54) is 11.8 Å². The van der Waals surface area contributed by atoms with Crippen LogP contribution in [0.1, 0.15) is 10.9 Å². The first-order valence-electron chi connectivity index (χ1n) is 8.17. The van der Waals surface area contributed by atoms with Gasteiger partial charge in [0, 0.05) is 42.0 Å². The topological polar surface area (TPSA) is 99.8 Å². The molecule has 3 aromatic rings. The molecule has 134 valence electrons. The van der Waals surface area contributed by atoms with Crippen LogP contribution in [-0.4, -0.2) is 20.9 Å². The second kappa shape index (κ2) is 7.46. The number of nitrogens with zero attached hydrogens (tertiary/aromatic N) is 2. The van der Waals surface area contributed by atoms with E-state index in [1.54, 1.807) is 42.5 Å². The number of amides is 1. The zero-order valence-electron chi connectivity index (χ0n) is 14.0. The van der Waals surface area contributed by atoms with E-state index in [1.807, 2.05) is 24.3 Å². The van der Waals surface area contributed by atoms with Crippen molar-refractivity contribution >= 4 is 23.4 Å². The quantitative estimate of drug-likeness (QED) is 0.646. The smallest absolute Gasteiger partial charge is 0.272 e. The first kappa shape index (κ1) is 17.0. The van der Waals surface area contributed by atoms with Crippen LogP contribution in [0, 0.1) is 0 Å². The van der Waals surface area contributed by atoms with Gasteiger partial charge in [-0.2, -0.15) is 0 Å². The molecule has 0 radical (unpaired) electrons. The van der Waals surface area contributed by atoms with Crippen molar-refractivity contribution in [2.45, 2.75) is 5.37 Å². The second-order valence-electron chi connectivity index (χ2n) is 5.79. The zero-order valence-corrected chi connectivity index (χ0v) is 14.9. The van der Waals surface area contributed by atoms with Gasteiger partial charge in [0.15, 0.2) is 0 Å². The third-order valence-electron chi connectivity index (χ3n) is 4.03. The number of thioether (sulfide) groups is 1. The van der Waals surface area contributed by atoms with E-state index >= 15 is 0 Å². The van der Waals surface area contributed by atoms with E-state index in [0.29, 0.717) is 5.70 Å². The van der Waals surface area contributed by atoms with Gasteiger partial charge in [0.05, 0.1) is 0 Å². The number of H-pyrrole nitrogens is 1. The number of hydrogen-bond acceptors (Lipinski definition) is 6. The second-order valence-corrected chi connectivity index (χ2v) is 6.77. The number of rotatable bonds is 4. The SMILES string of the molecule is O=C(Nc1cc(-c2ccncc2)c[nH]c1=O)C1=CSC(c2ccncc2)N1. The van der Waals surface area contributed by atoms with Gasteiger partial charge in [-0.15, -0.1) is 11.8 Å². The number of anilines is 1. The number of hydrogen-bond donors (Lipinski definition) is 3. The highest BCUT2D eigenvalue weighted by atomic mass is 32.2. The molecule has 0 fully saturated rings. The van der Waals surface area contributed by atoms with E-state index in [-0.39, 0.29) is 22.5 Å². The molecule has 8 heteroatoms. The maximum atomic E-state index is 12.6. The van der Waals surface area contributed by atoms with Gasteiger partial charge in [-0.3, -0.25) is 19.6 Å². The van der Waals surface area contributed by atoms with Gasteiger partial charge in [0.1, 0.15) is 16.8 Å². The molecule has 1 atom stereocenters. The fourth-order valence-electron chi connectivity index (χ4n) is 2.64. The van der Waals surface area contributed by atoms with Crippen LogP contribution in [0.3, 0.4) is 0 Å². The molecule has 1 aliphatic heterocycles. The fourth-order valence-corrected chi connectivity index (χ4v) is 3.60. The molecule has 1 unspecified atom stereocenters. The highest BCUT2D eigenvalue weighted by molar-refractivity contribution is 8.02. The number of aromatic nitrogens is 3. The van der Waals surface area contributed by atoms with Crippen LogP contribution in [0.25, 0.3) is 11.1 Å². The Morgan fingerprint density at radius 1 is 1.04 bits per heavy atom. The van der Waals surface area contributed by atoms with Crippen LogP contribution in [0.15, 0.2) is 77.2 Å². The Hall–Kier alpha value is -3.39. The predicted octanol–water partition coefficient (Wildman–Crippen LogP) is 2.65. The van der Waals surface area contributed by atoms with Crippen molar-refractivity contribution in [2.24, 2.45) is 0 Å². The normalized spacial score (nSPS) is 15.7. The molecule has 0 aliphatic carbocycles. The van der Waals surface area contributed by atoms with Gasteiger partial charge < -0.3 is 15.6 Å². The summed E-state index contributed by atoms with van der Waals surface area (Å²) in [7, 11) is 0. The maximum absolute atomic E-state index is 12.6. The summed E-state index contributed by atoms with van der Waals surface area (Å²) in [6.45, 7) is 0. The maximum Gasteiger partial charge on any atom is 0.272 e. The van der Waals surface area contributed by atoms with Crippen LogP contribution >= 0.6 is 11.8 Å². The van der Waals surface area contributed by atoms with Crippen molar-refractivity contribution in [3.8, 4) is 11.1 Å². The summed E-state index contributed by atoms with van der Waals surface area (Å²) in [6.07, 6.45) is 8.36. The van der Waals surface area contributed by atoms with E-state index in [0.717, 1.165) is 16.7 Å². The van der Waals surface area contributed by atoms with Gasteiger partial charge in [0.25, 0.3) is 11.5 Å². The van der Waals surface area contributed by atoms with Crippen LogP contribution in [-0.2, 0) is 4.79 Å². The van der Waals surface area contributed by atoms with Crippen molar-refractivity contribution < 1.29 is 4.79 Å². The number of pyridine rings is 3.